The van der Waals surface area contributed by atoms with Crippen LogP contribution in [0.4, 0.5) is 10.8 Å². The molecule has 0 saturated heterocycles. The number of amides is 1. The van der Waals surface area contributed by atoms with Gasteiger partial charge in [0, 0.05) is 23.4 Å². The smallest absolute Gasteiger partial charge is 0.269 e. The Labute approximate surface area is 175 Å². The molecule has 3 aromatic rings. The summed E-state index contributed by atoms with van der Waals surface area (Å²) in [5.74, 6) is 1.47. The molecule has 10 heteroatoms. The lowest BCUT2D eigenvalue weighted by Gasteiger charge is -2.05. The lowest BCUT2D eigenvalue weighted by molar-refractivity contribution is -0.384. The monoisotopic (exact) mass is 427 g/mol. The fourth-order valence-corrected chi connectivity index (χ4v) is 3.86. The number of rotatable bonds is 7. The fraction of sp³-hybridized carbons (Fsp3) is 0.200. The molecule has 9 nitrogen and oxygen atoms in total. The molecule has 0 aliphatic carbocycles. The maximum atomic E-state index is 12.2. The number of fused-ring (bicyclic) bond motifs is 1. The molecule has 154 valence electrons. The van der Waals surface area contributed by atoms with Crippen molar-refractivity contribution < 1.29 is 23.9 Å². The Morgan fingerprint density at radius 3 is 2.77 bits per heavy atom. The molecule has 0 atom stereocenters. The highest BCUT2D eigenvalue weighted by Crippen LogP contribution is 2.34. The minimum Gasteiger partial charge on any atom is -0.484 e. The number of ether oxygens (including phenoxy) is 3. The zero-order valence-corrected chi connectivity index (χ0v) is 16.7. The van der Waals surface area contributed by atoms with E-state index in [1.807, 2.05) is 25.1 Å². The predicted octanol–water partition coefficient (Wildman–Crippen LogP) is 3.70. The van der Waals surface area contributed by atoms with Crippen molar-refractivity contribution in [3.05, 3.63) is 68.7 Å². The van der Waals surface area contributed by atoms with Crippen LogP contribution in [0.25, 0.3) is 0 Å². The third kappa shape index (κ3) is 4.49. The quantitative estimate of drug-likeness (QED) is 0.452. The number of nitro groups is 1. The highest BCUT2D eigenvalue weighted by Gasteiger charge is 2.16. The van der Waals surface area contributed by atoms with Crippen molar-refractivity contribution in [2.24, 2.45) is 0 Å². The van der Waals surface area contributed by atoms with Crippen molar-refractivity contribution in [3.63, 3.8) is 0 Å². The molecule has 1 amide bonds. The molecule has 0 fully saturated rings. The van der Waals surface area contributed by atoms with Gasteiger partial charge in [0.25, 0.3) is 11.6 Å². The molecule has 1 aliphatic rings. The van der Waals surface area contributed by atoms with Gasteiger partial charge in [0.15, 0.2) is 23.2 Å². The van der Waals surface area contributed by atoms with E-state index < -0.39 is 4.92 Å². The first-order valence-electron chi connectivity index (χ1n) is 9.00. The average Bonchev–Trinajstić information content (AvgIpc) is 3.32. The lowest BCUT2D eigenvalue weighted by atomic mass is 10.1. The number of aryl methyl sites for hydroxylation is 1. The van der Waals surface area contributed by atoms with E-state index in [0.717, 1.165) is 27.6 Å². The van der Waals surface area contributed by atoms with Crippen LogP contribution in [-0.4, -0.2) is 29.2 Å². The summed E-state index contributed by atoms with van der Waals surface area (Å²) in [6.07, 6.45) is 0.662. The summed E-state index contributed by atoms with van der Waals surface area (Å²) in [4.78, 5) is 27.8. The van der Waals surface area contributed by atoms with Gasteiger partial charge in [-0.15, -0.1) is 11.3 Å². The number of hydrogen-bond acceptors (Lipinski definition) is 8. The van der Waals surface area contributed by atoms with Crippen LogP contribution in [0.15, 0.2) is 42.5 Å². The van der Waals surface area contributed by atoms with Crippen LogP contribution < -0.4 is 19.5 Å². The van der Waals surface area contributed by atoms with Gasteiger partial charge in [-0.25, -0.2) is 4.98 Å². The minimum atomic E-state index is -0.498. The molecule has 0 unspecified atom stereocenters. The molecule has 1 N–H and O–H groups in total. The Balaban J connectivity index is 1.33. The Bertz CT molecular complexity index is 1100. The third-order valence-electron chi connectivity index (χ3n) is 4.36. The van der Waals surface area contributed by atoms with Crippen molar-refractivity contribution in [1.82, 2.24) is 4.98 Å². The van der Waals surface area contributed by atoms with E-state index in [4.69, 9.17) is 14.2 Å². The molecule has 0 saturated carbocycles. The van der Waals surface area contributed by atoms with Gasteiger partial charge in [-0.3, -0.25) is 20.2 Å². The average molecular weight is 427 g/mol. The molecule has 4 rings (SSSR count). The summed E-state index contributed by atoms with van der Waals surface area (Å²) in [6.45, 7) is 1.90. The number of carbonyl (C=O) groups excluding carboxylic acids is 1. The summed E-state index contributed by atoms with van der Waals surface area (Å²) in [5, 5.41) is 13.9. The van der Waals surface area contributed by atoms with Crippen LogP contribution in [0.2, 0.25) is 0 Å². The van der Waals surface area contributed by atoms with E-state index in [1.165, 1.54) is 35.6 Å². The predicted molar refractivity (Wildman–Crippen MR) is 109 cm³/mol. The highest BCUT2D eigenvalue weighted by molar-refractivity contribution is 7.15. The zero-order chi connectivity index (χ0) is 21.1. The maximum Gasteiger partial charge on any atom is 0.269 e. The number of aromatic nitrogens is 1. The zero-order valence-electron chi connectivity index (χ0n) is 15.9. The standard InChI is InChI=1S/C20H17N3O6S/c1-12-18(9-13-2-7-16-17(8-13)29-11-28-16)30-20(21-12)22-19(24)10-27-15-5-3-14(4-6-15)23(25)26/h2-8H,9-11H2,1H3,(H,21,22,24). The summed E-state index contributed by atoms with van der Waals surface area (Å²) in [6, 6.07) is 11.3. The van der Waals surface area contributed by atoms with Crippen molar-refractivity contribution in [2.45, 2.75) is 13.3 Å². The van der Waals surface area contributed by atoms with E-state index >= 15 is 0 Å². The van der Waals surface area contributed by atoms with Crippen molar-refractivity contribution >= 4 is 28.1 Å². The van der Waals surface area contributed by atoms with E-state index in [1.54, 1.807) is 0 Å². The molecule has 0 bridgehead atoms. The Morgan fingerprint density at radius 2 is 2.00 bits per heavy atom. The van der Waals surface area contributed by atoms with Crippen molar-refractivity contribution in [1.29, 1.82) is 0 Å². The molecule has 2 aromatic carbocycles. The highest BCUT2D eigenvalue weighted by atomic mass is 32.1. The van der Waals surface area contributed by atoms with Crippen LogP contribution in [0, 0.1) is 17.0 Å². The van der Waals surface area contributed by atoms with E-state index in [0.29, 0.717) is 17.3 Å². The number of benzene rings is 2. The number of nitro benzene ring substituents is 1. The van der Waals surface area contributed by atoms with Gasteiger partial charge in [0.05, 0.1) is 10.6 Å². The second kappa shape index (κ2) is 8.37. The summed E-state index contributed by atoms with van der Waals surface area (Å²) in [5.41, 5.74) is 1.86. The first-order valence-corrected chi connectivity index (χ1v) is 9.81. The van der Waals surface area contributed by atoms with Crippen LogP contribution in [0.5, 0.6) is 17.2 Å². The topological polar surface area (TPSA) is 113 Å². The van der Waals surface area contributed by atoms with E-state index in [9.17, 15) is 14.9 Å². The van der Waals surface area contributed by atoms with Crippen LogP contribution in [0.1, 0.15) is 16.1 Å². The van der Waals surface area contributed by atoms with Crippen molar-refractivity contribution in [3.8, 4) is 17.2 Å². The molecule has 0 radical (unpaired) electrons. The fourth-order valence-electron chi connectivity index (χ4n) is 2.85. The summed E-state index contributed by atoms with van der Waals surface area (Å²) >= 11 is 1.40. The van der Waals surface area contributed by atoms with Gasteiger partial charge in [-0.1, -0.05) is 6.07 Å². The van der Waals surface area contributed by atoms with E-state index in [2.05, 4.69) is 10.3 Å². The third-order valence-corrected chi connectivity index (χ3v) is 5.43. The Hall–Kier alpha value is -3.66. The molecule has 1 aliphatic heterocycles. The number of hydrogen-bond donors (Lipinski definition) is 1. The van der Waals surface area contributed by atoms with Crippen LogP contribution in [0.3, 0.4) is 0 Å². The molecular weight excluding hydrogens is 410 g/mol. The second-order valence-electron chi connectivity index (χ2n) is 6.48. The lowest BCUT2D eigenvalue weighted by Crippen LogP contribution is -2.20. The van der Waals surface area contributed by atoms with E-state index in [-0.39, 0.29) is 25.0 Å². The van der Waals surface area contributed by atoms with Crippen molar-refractivity contribution in [2.75, 3.05) is 18.7 Å². The first-order chi connectivity index (χ1) is 14.5. The number of nitrogens with zero attached hydrogens (tertiary/aromatic N) is 2. The number of anilines is 1. The van der Waals surface area contributed by atoms with Gasteiger partial charge in [0.1, 0.15) is 5.75 Å². The largest absolute Gasteiger partial charge is 0.484 e. The van der Waals surface area contributed by atoms with Gasteiger partial charge in [0.2, 0.25) is 6.79 Å². The van der Waals surface area contributed by atoms with Gasteiger partial charge in [-0.2, -0.15) is 0 Å². The molecule has 0 spiro atoms. The number of non-ortho nitro benzene ring substituents is 1. The van der Waals surface area contributed by atoms with Gasteiger partial charge < -0.3 is 14.2 Å². The van der Waals surface area contributed by atoms with Crippen LogP contribution in [-0.2, 0) is 11.2 Å². The number of nitrogens with one attached hydrogen (secondary N) is 1. The molecular formula is C20H17N3O6S. The Morgan fingerprint density at radius 1 is 1.23 bits per heavy atom. The number of thiazole rings is 1. The molecule has 1 aromatic heterocycles. The molecule has 2 heterocycles. The normalized spacial score (nSPS) is 11.9. The van der Waals surface area contributed by atoms with Gasteiger partial charge in [-0.05, 0) is 36.8 Å². The Kier molecular flexibility index (Phi) is 5.48. The summed E-state index contributed by atoms with van der Waals surface area (Å²) in [7, 11) is 0. The first kappa shape index (κ1) is 19.6. The summed E-state index contributed by atoms with van der Waals surface area (Å²) < 4.78 is 16.1. The molecule has 30 heavy (non-hydrogen) atoms. The minimum absolute atomic E-state index is 0.0416. The second-order valence-corrected chi connectivity index (χ2v) is 7.56. The maximum absolute atomic E-state index is 12.2. The number of carbonyl (C=O) groups is 1. The SMILES string of the molecule is Cc1nc(NC(=O)COc2ccc([N+](=O)[O-])cc2)sc1Cc1ccc2c(c1)OCO2. The van der Waals surface area contributed by atoms with Gasteiger partial charge >= 0.3 is 0 Å². The van der Waals surface area contributed by atoms with Crippen LogP contribution >= 0.6 is 11.3 Å².